The maximum absolute atomic E-state index is 13.5. The van der Waals surface area contributed by atoms with E-state index < -0.39 is 23.9 Å². The second-order valence-electron chi connectivity index (χ2n) is 3.84. The predicted molar refractivity (Wildman–Crippen MR) is 59.1 cm³/mol. The molecular formula is C12H7FN2O3. The van der Waals surface area contributed by atoms with E-state index in [1.807, 2.05) is 5.32 Å². The van der Waals surface area contributed by atoms with Gasteiger partial charge >= 0.3 is 6.09 Å². The van der Waals surface area contributed by atoms with Crippen molar-refractivity contribution < 1.29 is 18.7 Å². The van der Waals surface area contributed by atoms with Gasteiger partial charge in [-0.1, -0.05) is 6.07 Å². The van der Waals surface area contributed by atoms with E-state index in [2.05, 4.69) is 4.98 Å². The second-order valence-corrected chi connectivity index (χ2v) is 3.84. The molecule has 1 aliphatic rings. The van der Waals surface area contributed by atoms with Gasteiger partial charge in [0.25, 0.3) is 5.91 Å². The number of pyridine rings is 1. The van der Waals surface area contributed by atoms with Crippen molar-refractivity contribution in [2.24, 2.45) is 0 Å². The summed E-state index contributed by atoms with van der Waals surface area (Å²) >= 11 is 0. The van der Waals surface area contributed by atoms with E-state index in [1.165, 1.54) is 12.3 Å². The lowest BCUT2D eigenvalue weighted by molar-refractivity contribution is -0.123. The van der Waals surface area contributed by atoms with E-state index in [4.69, 9.17) is 4.74 Å². The van der Waals surface area contributed by atoms with Gasteiger partial charge in [-0.15, -0.1) is 0 Å². The van der Waals surface area contributed by atoms with Crippen LogP contribution in [0.4, 0.5) is 9.18 Å². The number of imide groups is 1. The number of nitrogens with zero attached hydrogens (tertiary/aromatic N) is 1. The van der Waals surface area contributed by atoms with E-state index in [-0.39, 0.29) is 5.56 Å². The van der Waals surface area contributed by atoms with Crippen molar-refractivity contribution in [3.63, 3.8) is 0 Å². The van der Waals surface area contributed by atoms with Gasteiger partial charge in [0.05, 0.1) is 5.52 Å². The highest BCUT2D eigenvalue weighted by Gasteiger charge is 2.35. The fraction of sp³-hybridized carbons (Fsp3) is 0.0833. The molecule has 18 heavy (non-hydrogen) atoms. The Balaban J connectivity index is 2.22. The van der Waals surface area contributed by atoms with Crippen molar-refractivity contribution in [3.05, 3.63) is 41.8 Å². The number of halogens is 1. The summed E-state index contributed by atoms with van der Waals surface area (Å²) in [5.41, 5.74) is 0.683. The lowest BCUT2D eigenvalue weighted by Crippen LogP contribution is -2.20. The van der Waals surface area contributed by atoms with Crippen LogP contribution in [-0.4, -0.2) is 17.0 Å². The number of amides is 2. The number of benzene rings is 1. The molecule has 90 valence electrons. The molecule has 1 aliphatic heterocycles. The quantitative estimate of drug-likeness (QED) is 0.831. The van der Waals surface area contributed by atoms with Crippen LogP contribution < -0.4 is 5.32 Å². The Labute approximate surface area is 101 Å². The Morgan fingerprint density at radius 2 is 2.17 bits per heavy atom. The summed E-state index contributed by atoms with van der Waals surface area (Å²) in [5, 5.41) is 2.54. The van der Waals surface area contributed by atoms with Crippen LogP contribution >= 0.6 is 0 Å². The van der Waals surface area contributed by atoms with Crippen LogP contribution in [0.5, 0.6) is 0 Å². The molecule has 2 aromatic rings. The summed E-state index contributed by atoms with van der Waals surface area (Å²) in [4.78, 5) is 26.6. The molecule has 1 fully saturated rings. The first-order valence-corrected chi connectivity index (χ1v) is 5.21. The Bertz CT molecular complexity index is 671. The molecule has 2 heterocycles. The van der Waals surface area contributed by atoms with Gasteiger partial charge in [0.2, 0.25) is 6.10 Å². The topological polar surface area (TPSA) is 68.3 Å². The average molecular weight is 246 g/mol. The summed E-state index contributed by atoms with van der Waals surface area (Å²) in [6.45, 7) is 0. The number of alkyl carbamates (subject to hydrolysis) is 1. The van der Waals surface area contributed by atoms with Crippen LogP contribution in [0.15, 0.2) is 30.5 Å². The molecule has 1 atom stereocenters. The van der Waals surface area contributed by atoms with Gasteiger partial charge in [0.15, 0.2) is 0 Å². The van der Waals surface area contributed by atoms with Crippen molar-refractivity contribution in [1.82, 2.24) is 10.3 Å². The van der Waals surface area contributed by atoms with Crippen LogP contribution in [0.25, 0.3) is 10.9 Å². The zero-order chi connectivity index (χ0) is 12.7. The molecule has 5 nitrogen and oxygen atoms in total. The standard InChI is InChI=1S/C12H7FN2O3/c13-7-4-6-2-1-3-14-9(6)8(5-7)10-11(16)15-12(17)18-10/h1-5,10H,(H,15,16,17). The molecular weight excluding hydrogens is 239 g/mol. The molecule has 0 saturated carbocycles. The summed E-state index contributed by atoms with van der Waals surface area (Å²) in [6.07, 6.45) is -0.456. The van der Waals surface area contributed by atoms with E-state index in [0.717, 1.165) is 6.07 Å². The third-order valence-corrected chi connectivity index (χ3v) is 2.67. The maximum atomic E-state index is 13.5. The minimum Gasteiger partial charge on any atom is -0.431 e. The van der Waals surface area contributed by atoms with Gasteiger partial charge < -0.3 is 4.74 Å². The number of rotatable bonds is 1. The van der Waals surface area contributed by atoms with Crippen molar-refractivity contribution in [3.8, 4) is 0 Å². The number of hydrogen-bond acceptors (Lipinski definition) is 4. The van der Waals surface area contributed by atoms with Crippen LogP contribution in [0.2, 0.25) is 0 Å². The predicted octanol–water partition coefficient (Wildman–Crippen LogP) is 1.68. The lowest BCUT2D eigenvalue weighted by atomic mass is 10.0. The largest absolute Gasteiger partial charge is 0.431 e. The average Bonchev–Trinajstić information content (AvgIpc) is 2.67. The van der Waals surface area contributed by atoms with Crippen molar-refractivity contribution in [2.45, 2.75) is 6.10 Å². The van der Waals surface area contributed by atoms with Crippen LogP contribution in [0.3, 0.4) is 0 Å². The third-order valence-electron chi connectivity index (χ3n) is 2.67. The molecule has 0 radical (unpaired) electrons. The van der Waals surface area contributed by atoms with Crippen molar-refractivity contribution >= 4 is 22.9 Å². The van der Waals surface area contributed by atoms with Crippen molar-refractivity contribution in [2.75, 3.05) is 0 Å². The molecule has 1 aromatic heterocycles. The Morgan fingerprint density at radius 1 is 1.33 bits per heavy atom. The lowest BCUT2D eigenvalue weighted by Gasteiger charge is -2.09. The van der Waals surface area contributed by atoms with Crippen LogP contribution in [0.1, 0.15) is 11.7 Å². The maximum Gasteiger partial charge on any atom is 0.415 e. The van der Waals surface area contributed by atoms with Gasteiger partial charge in [-0.3, -0.25) is 15.1 Å². The number of carbonyl (C=O) groups is 2. The SMILES string of the molecule is O=C1NC(=O)C(c2cc(F)cc3cccnc23)O1. The molecule has 0 bridgehead atoms. The fourth-order valence-electron chi connectivity index (χ4n) is 1.94. The fourth-order valence-corrected chi connectivity index (χ4v) is 1.94. The van der Waals surface area contributed by atoms with E-state index in [1.54, 1.807) is 12.1 Å². The third kappa shape index (κ3) is 1.58. The highest BCUT2D eigenvalue weighted by Crippen LogP contribution is 2.28. The molecule has 0 spiro atoms. The molecule has 1 unspecified atom stereocenters. The smallest absolute Gasteiger partial charge is 0.415 e. The second kappa shape index (κ2) is 3.76. The first-order chi connectivity index (χ1) is 8.65. The molecule has 3 rings (SSSR count). The molecule has 1 saturated heterocycles. The number of cyclic esters (lactones) is 1. The Kier molecular flexibility index (Phi) is 2.22. The van der Waals surface area contributed by atoms with Crippen LogP contribution in [-0.2, 0) is 9.53 Å². The number of carbonyl (C=O) groups excluding carboxylic acids is 2. The van der Waals surface area contributed by atoms with Gasteiger partial charge in [0, 0.05) is 17.1 Å². The summed E-state index contributed by atoms with van der Waals surface area (Å²) in [5.74, 6) is -1.13. The molecule has 2 amide bonds. The van der Waals surface area contributed by atoms with E-state index >= 15 is 0 Å². The van der Waals surface area contributed by atoms with Crippen molar-refractivity contribution in [1.29, 1.82) is 0 Å². The number of hydrogen-bond donors (Lipinski definition) is 1. The number of aromatic nitrogens is 1. The number of nitrogens with one attached hydrogen (secondary N) is 1. The normalized spacial score (nSPS) is 18.8. The van der Waals surface area contributed by atoms with Gasteiger partial charge in [-0.2, -0.15) is 0 Å². The zero-order valence-corrected chi connectivity index (χ0v) is 9.01. The molecule has 1 N–H and O–H groups in total. The summed E-state index contributed by atoms with van der Waals surface area (Å²) in [7, 11) is 0. The Morgan fingerprint density at radius 3 is 2.89 bits per heavy atom. The molecule has 6 heteroatoms. The van der Waals surface area contributed by atoms with E-state index in [9.17, 15) is 14.0 Å². The number of fused-ring (bicyclic) bond motifs is 1. The van der Waals surface area contributed by atoms with E-state index in [0.29, 0.717) is 10.9 Å². The molecule has 0 aliphatic carbocycles. The highest BCUT2D eigenvalue weighted by atomic mass is 19.1. The number of ether oxygens (including phenoxy) is 1. The summed E-state index contributed by atoms with van der Waals surface area (Å²) in [6, 6.07) is 5.79. The minimum atomic E-state index is -1.15. The zero-order valence-electron chi connectivity index (χ0n) is 9.01. The first-order valence-electron chi connectivity index (χ1n) is 5.21. The Hall–Kier alpha value is -2.50. The molecule has 1 aromatic carbocycles. The highest BCUT2D eigenvalue weighted by molar-refractivity contribution is 6.02. The van der Waals surface area contributed by atoms with Gasteiger partial charge in [-0.05, 0) is 18.2 Å². The minimum absolute atomic E-state index is 0.244. The summed E-state index contributed by atoms with van der Waals surface area (Å²) < 4.78 is 18.3. The van der Waals surface area contributed by atoms with Gasteiger partial charge in [-0.25, -0.2) is 9.18 Å². The first kappa shape index (κ1) is 10.6. The van der Waals surface area contributed by atoms with Crippen LogP contribution in [0, 0.1) is 5.82 Å². The van der Waals surface area contributed by atoms with Gasteiger partial charge in [0.1, 0.15) is 5.82 Å². The monoisotopic (exact) mass is 246 g/mol.